The summed E-state index contributed by atoms with van der Waals surface area (Å²) >= 11 is 0. The van der Waals surface area contributed by atoms with Crippen molar-refractivity contribution in [3.8, 4) is 0 Å². The molecule has 5 nitrogen and oxygen atoms in total. The third-order valence-corrected chi connectivity index (χ3v) is 5.57. The molecule has 0 saturated heterocycles. The Balaban J connectivity index is 2.19. The largest absolute Gasteiger partial charge is 0.412 e. The first-order valence-corrected chi connectivity index (χ1v) is 8.40. The van der Waals surface area contributed by atoms with Gasteiger partial charge in [0, 0.05) is 30.9 Å². The van der Waals surface area contributed by atoms with Crippen molar-refractivity contribution in [1.82, 2.24) is 13.9 Å². The van der Waals surface area contributed by atoms with Gasteiger partial charge in [0.25, 0.3) is 10.0 Å². The van der Waals surface area contributed by atoms with Crippen LogP contribution in [0.2, 0.25) is 0 Å². The summed E-state index contributed by atoms with van der Waals surface area (Å²) in [6, 6.07) is 0.106. The Labute approximate surface area is 127 Å². The number of imidazole rings is 1. The molecule has 1 unspecified atom stereocenters. The van der Waals surface area contributed by atoms with Crippen LogP contribution in [-0.2, 0) is 10.0 Å². The third kappa shape index (κ3) is 3.35. The Kier molecular flexibility index (Phi) is 4.67. The van der Waals surface area contributed by atoms with Gasteiger partial charge in [-0.2, -0.15) is 17.5 Å². The molecule has 0 bridgehead atoms. The Morgan fingerprint density at radius 1 is 1.41 bits per heavy atom. The predicted molar refractivity (Wildman–Crippen MR) is 74.7 cm³/mol. The maximum absolute atomic E-state index is 12.6. The summed E-state index contributed by atoms with van der Waals surface area (Å²) in [5, 5.41) is -0.128. The molecule has 0 saturated carbocycles. The molecule has 0 fully saturated rings. The molecule has 1 aromatic rings. The van der Waals surface area contributed by atoms with E-state index in [1.165, 1.54) is 12.5 Å². The van der Waals surface area contributed by atoms with Gasteiger partial charge in [-0.15, -0.1) is 0 Å². The van der Waals surface area contributed by atoms with Crippen LogP contribution in [0.4, 0.5) is 13.2 Å². The van der Waals surface area contributed by atoms with E-state index in [-0.39, 0.29) is 30.6 Å². The van der Waals surface area contributed by atoms with Crippen LogP contribution < -0.4 is 0 Å². The zero-order valence-corrected chi connectivity index (χ0v) is 13.2. The Morgan fingerprint density at radius 3 is 2.59 bits per heavy atom. The zero-order chi connectivity index (χ0) is 16.5. The van der Waals surface area contributed by atoms with E-state index in [1.807, 2.05) is 13.8 Å². The number of rotatable bonds is 4. The van der Waals surface area contributed by atoms with Crippen molar-refractivity contribution in [2.75, 3.05) is 13.1 Å². The van der Waals surface area contributed by atoms with Crippen LogP contribution in [0.15, 0.2) is 29.2 Å². The number of hydrogen-bond acceptors (Lipinski definition) is 3. The maximum atomic E-state index is 12.6. The van der Waals surface area contributed by atoms with Gasteiger partial charge in [-0.25, -0.2) is 13.4 Å². The van der Waals surface area contributed by atoms with Gasteiger partial charge < -0.3 is 4.57 Å². The van der Waals surface area contributed by atoms with E-state index >= 15 is 0 Å². The molecule has 9 heteroatoms. The summed E-state index contributed by atoms with van der Waals surface area (Å²) in [6.45, 7) is 3.42. The molecule has 0 amide bonds. The highest BCUT2D eigenvalue weighted by Crippen LogP contribution is 2.31. The molecule has 1 aromatic heterocycles. The average molecular weight is 337 g/mol. The van der Waals surface area contributed by atoms with Crippen LogP contribution in [0.25, 0.3) is 0 Å². The standard InChI is InChI=1S/C13H18F3N3O2S/c1-3-10(2)18-8-12(17-9-18)22(20,21)19-6-4-11(5-7-19)13(14,15)16/h4,8-10H,3,5-7H2,1-2H3. The van der Waals surface area contributed by atoms with Crippen LogP contribution >= 0.6 is 0 Å². The van der Waals surface area contributed by atoms with E-state index in [0.29, 0.717) is 0 Å². The highest BCUT2D eigenvalue weighted by molar-refractivity contribution is 7.89. The summed E-state index contributed by atoms with van der Waals surface area (Å²) in [7, 11) is -3.86. The lowest BCUT2D eigenvalue weighted by molar-refractivity contribution is -0.0953. The summed E-state index contributed by atoms with van der Waals surface area (Å²) < 4.78 is 65.2. The summed E-state index contributed by atoms with van der Waals surface area (Å²) in [6.07, 6.45) is -0.138. The van der Waals surface area contributed by atoms with Crippen LogP contribution in [0.5, 0.6) is 0 Å². The van der Waals surface area contributed by atoms with Gasteiger partial charge in [-0.1, -0.05) is 13.0 Å². The van der Waals surface area contributed by atoms with Crippen molar-refractivity contribution in [2.45, 2.75) is 43.9 Å². The van der Waals surface area contributed by atoms with Crippen molar-refractivity contribution >= 4 is 10.0 Å². The third-order valence-electron chi connectivity index (χ3n) is 3.82. The molecule has 0 spiro atoms. The lowest BCUT2D eigenvalue weighted by atomic mass is 10.1. The molecule has 2 heterocycles. The predicted octanol–water partition coefficient (Wildman–Crippen LogP) is 2.74. The van der Waals surface area contributed by atoms with Gasteiger partial charge in [-0.05, 0) is 19.8 Å². The molecule has 1 aliphatic heterocycles. The normalized spacial score (nSPS) is 19.0. The molecule has 0 radical (unpaired) electrons. The van der Waals surface area contributed by atoms with Crippen LogP contribution in [-0.4, -0.2) is 41.5 Å². The summed E-state index contributed by atoms with van der Waals surface area (Å²) in [5.74, 6) is 0. The van der Waals surface area contributed by atoms with Crippen LogP contribution in [0.3, 0.4) is 0 Å². The number of aromatic nitrogens is 2. The Bertz CT molecular complexity index is 664. The lowest BCUT2D eigenvalue weighted by Gasteiger charge is -2.25. The molecule has 2 rings (SSSR count). The monoisotopic (exact) mass is 337 g/mol. The van der Waals surface area contributed by atoms with Crippen molar-refractivity contribution in [1.29, 1.82) is 0 Å². The van der Waals surface area contributed by atoms with Gasteiger partial charge in [0.15, 0.2) is 5.03 Å². The van der Waals surface area contributed by atoms with E-state index in [0.717, 1.165) is 16.8 Å². The molecule has 1 atom stereocenters. The Morgan fingerprint density at radius 2 is 2.09 bits per heavy atom. The minimum Gasteiger partial charge on any atom is -0.333 e. The first-order chi connectivity index (χ1) is 10.2. The van der Waals surface area contributed by atoms with E-state index in [4.69, 9.17) is 0 Å². The lowest BCUT2D eigenvalue weighted by Crippen LogP contribution is -2.36. The van der Waals surface area contributed by atoms with Crippen LogP contribution in [0.1, 0.15) is 32.7 Å². The quantitative estimate of drug-likeness (QED) is 0.794. The molecular weight excluding hydrogens is 319 g/mol. The minimum absolute atomic E-state index is 0.106. The highest BCUT2D eigenvalue weighted by atomic mass is 32.2. The van der Waals surface area contributed by atoms with E-state index < -0.39 is 21.8 Å². The smallest absolute Gasteiger partial charge is 0.333 e. The zero-order valence-electron chi connectivity index (χ0n) is 12.3. The molecule has 0 N–H and O–H groups in total. The van der Waals surface area contributed by atoms with Gasteiger partial charge >= 0.3 is 6.18 Å². The molecule has 1 aliphatic rings. The first-order valence-electron chi connectivity index (χ1n) is 6.96. The number of halogens is 3. The van der Waals surface area contributed by atoms with Crippen LogP contribution in [0, 0.1) is 0 Å². The second kappa shape index (κ2) is 6.04. The summed E-state index contributed by atoms with van der Waals surface area (Å²) in [4.78, 5) is 3.89. The van der Waals surface area contributed by atoms with Crippen molar-refractivity contribution < 1.29 is 21.6 Å². The first kappa shape index (κ1) is 17.0. The molecule has 22 heavy (non-hydrogen) atoms. The Hall–Kier alpha value is -1.35. The second-order valence-electron chi connectivity index (χ2n) is 5.26. The van der Waals surface area contributed by atoms with Crippen molar-refractivity contribution in [3.63, 3.8) is 0 Å². The minimum atomic E-state index is -4.39. The van der Waals surface area contributed by atoms with Gasteiger partial charge in [0.2, 0.25) is 0 Å². The molecule has 0 aliphatic carbocycles. The van der Waals surface area contributed by atoms with Crippen molar-refractivity contribution in [3.05, 3.63) is 24.2 Å². The number of sulfonamides is 1. The second-order valence-corrected chi connectivity index (χ2v) is 7.14. The fourth-order valence-corrected chi connectivity index (χ4v) is 3.46. The highest BCUT2D eigenvalue weighted by Gasteiger charge is 2.37. The van der Waals surface area contributed by atoms with E-state index in [2.05, 4.69) is 4.98 Å². The van der Waals surface area contributed by atoms with Gasteiger partial charge in [-0.3, -0.25) is 0 Å². The number of hydrogen-bond donors (Lipinski definition) is 0. The molecular formula is C13H18F3N3O2S. The molecule has 124 valence electrons. The van der Waals surface area contributed by atoms with Crippen molar-refractivity contribution in [2.24, 2.45) is 0 Å². The average Bonchev–Trinajstić information content (AvgIpc) is 2.96. The fourth-order valence-electron chi connectivity index (χ4n) is 2.16. The van der Waals surface area contributed by atoms with E-state index in [1.54, 1.807) is 4.57 Å². The molecule has 0 aromatic carbocycles. The maximum Gasteiger partial charge on any atom is 0.412 e. The number of alkyl halides is 3. The van der Waals surface area contributed by atoms with E-state index in [9.17, 15) is 21.6 Å². The summed E-state index contributed by atoms with van der Waals surface area (Å²) in [5.41, 5.74) is -0.677. The van der Waals surface area contributed by atoms with Gasteiger partial charge in [0.05, 0.1) is 6.33 Å². The topological polar surface area (TPSA) is 55.2 Å². The SMILES string of the molecule is CCC(C)n1cnc(S(=O)(=O)N2CC=C(C(F)(F)F)CC2)c1. The fraction of sp³-hybridized carbons (Fsp3) is 0.615. The number of nitrogens with zero attached hydrogens (tertiary/aromatic N) is 3. The van der Waals surface area contributed by atoms with Gasteiger partial charge in [0.1, 0.15) is 0 Å².